The molecule has 0 aromatic carbocycles. The Morgan fingerprint density at radius 1 is 1.25 bits per heavy atom. The lowest BCUT2D eigenvalue weighted by molar-refractivity contribution is 0.0696. The standard InChI is InChI=1S/C11H15N3O2/c15-11(16)9-7-10(13-12-8-9)14-5-3-1-2-4-6-14/h7-8H,1-6H2,(H,15,16). The molecule has 1 aromatic heterocycles. The normalized spacial score (nSPS) is 16.9. The first-order valence-electron chi connectivity index (χ1n) is 5.58. The second-order valence-electron chi connectivity index (χ2n) is 4.01. The zero-order valence-electron chi connectivity index (χ0n) is 9.09. The molecule has 2 heterocycles. The van der Waals surface area contributed by atoms with Crippen molar-refractivity contribution in [2.75, 3.05) is 18.0 Å². The van der Waals surface area contributed by atoms with E-state index in [0.717, 1.165) is 25.9 Å². The molecule has 0 spiro atoms. The van der Waals surface area contributed by atoms with Crippen LogP contribution in [0.4, 0.5) is 5.82 Å². The van der Waals surface area contributed by atoms with Crippen LogP contribution in [0.15, 0.2) is 12.3 Å². The van der Waals surface area contributed by atoms with E-state index in [4.69, 9.17) is 5.11 Å². The Morgan fingerprint density at radius 3 is 2.56 bits per heavy atom. The van der Waals surface area contributed by atoms with E-state index in [1.54, 1.807) is 6.07 Å². The zero-order valence-corrected chi connectivity index (χ0v) is 9.09. The number of carboxylic acids is 1. The second-order valence-corrected chi connectivity index (χ2v) is 4.01. The van der Waals surface area contributed by atoms with Crippen LogP contribution in [0.25, 0.3) is 0 Å². The minimum Gasteiger partial charge on any atom is -0.478 e. The Balaban J connectivity index is 2.18. The van der Waals surface area contributed by atoms with Crippen molar-refractivity contribution >= 4 is 11.8 Å². The lowest BCUT2D eigenvalue weighted by Gasteiger charge is -2.20. The maximum absolute atomic E-state index is 10.8. The van der Waals surface area contributed by atoms with Crippen LogP contribution in [0, 0.1) is 0 Å². The average Bonchev–Trinajstić information content (AvgIpc) is 2.57. The molecule has 5 heteroatoms. The van der Waals surface area contributed by atoms with Crippen LogP contribution in [0.2, 0.25) is 0 Å². The predicted molar refractivity (Wildman–Crippen MR) is 59.7 cm³/mol. The van der Waals surface area contributed by atoms with Gasteiger partial charge in [0.15, 0.2) is 5.82 Å². The average molecular weight is 221 g/mol. The topological polar surface area (TPSA) is 66.3 Å². The van der Waals surface area contributed by atoms with Gasteiger partial charge in [-0.25, -0.2) is 4.79 Å². The molecule has 1 aliphatic heterocycles. The number of rotatable bonds is 2. The van der Waals surface area contributed by atoms with E-state index in [2.05, 4.69) is 15.1 Å². The highest BCUT2D eigenvalue weighted by Gasteiger charge is 2.13. The summed E-state index contributed by atoms with van der Waals surface area (Å²) in [5, 5.41) is 16.6. The monoisotopic (exact) mass is 221 g/mol. The molecule has 1 fully saturated rings. The van der Waals surface area contributed by atoms with Crippen molar-refractivity contribution in [1.29, 1.82) is 0 Å². The predicted octanol–water partition coefficient (Wildman–Crippen LogP) is 1.56. The lowest BCUT2D eigenvalue weighted by Crippen LogP contribution is -2.25. The SMILES string of the molecule is O=C(O)c1cnnc(N2CCCCCC2)c1. The third kappa shape index (κ3) is 2.48. The summed E-state index contributed by atoms with van der Waals surface area (Å²) in [6.45, 7) is 1.88. The zero-order chi connectivity index (χ0) is 11.4. The number of aromatic nitrogens is 2. The summed E-state index contributed by atoms with van der Waals surface area (Å²) < 4.78 is 0. The van der Waals surface area contributed by atoms with E-state index in [9.17, 15) is 4.79 Å². The molecule has 86 valence electrons. The molecule has 0 bridgehead atoms. The Hall–Kier alpha value is -1.65. The van der Waals surface area contributed by atoms with Gasteiger partial charge in [0, 0.05) is 13.1 Å². The number of aromatic carboxylic acids is 1. The van der Waals surface area contributed by atoms with Gasteiger partial charge in [-0.1, -0.05) is 12.8 Å². The molecular weight excluding hydrogens is 206 g/mol. The van der Waals surface area contributed by atoms with Crippen molar-refractivity contribution in [3.05, 3.63) is 17.8 Å². The molecule has 0 atom stereocenters. The Morgan fingerprint density at radius 2 is 1.94 bits per heavy atom. The molecule has 0 radical (unpaired) electrons. The van der Waals surface area contributed by atoms with Crippen molar-refractivity contribution in [3.8, 4) is 0 Å². The number of anilines is 1. The summed E-state index contributed by atoms with van der Waals surface area (Å²) in [5.41, 5.74) is 0.203. The third-order valence-electron chi connectivity index (χ3n) is 2.82. The third-order valence-corrected chi connectivity index (χ3v) is 2.82. The van der Waals surface area contributed by atoms with Gasteiger partial charge in [-0.05, 0) is 18.9 Å². The number of hydrogen-bond donors (Lipinski definition) is 1. The molecule has 16 heavy (non-hydrogen) atoms. The quantitative estimate of drug-likeness (QED) is 0.820. The largest absolute Gasteiger partial charge is 0.478 e. The summed E-state index contributed by atoms with van der Waals surface area (Å²) in [5.74, 6) is -0.271. The van der Waals surface area contributed by atoms with Gasteiger partial charge in [-0.3, -0.25) is 0 Å². The fourth-order valence-electron chi connectivity index (χ4n) is 1.93. The van der Waals surface area contributed by atoms with Gasteiger partial charge in [0.1, 0.15) is 0 Å². The Kier molecular flexibility index (Phi) is 3.34. The molecule has 5 nitrogen and oxygen atoms in total. The van der Waals surface area contributed by atoms with E-state index >= 15 is 0 Å². The van der Waals surface area contributed by atoms with Crippen LogP contribution < -0.4 is 4.90 Å². The summed E-state index contributed by atoms with van der Waals surface area (Å²) in [6.07, 6.45) is 6.03. The molecule has 2 rings (SSSR count). The maximum atomic E-state index is 10.8. The minimum absolute atomic E-state index is 0.203. The minimum atomic E-state index is -0.953. The summed E-state index contributed by atoms with van der Waals surface area (Å²) >= 11 is 0. The molecular formula is C11H15N3O2. The highest BCUT2D eigenvalue weighted by molar-refractivity contribution is 5.87. The van der Waals surface area contributed by atoms with Crippen LogP contribution in [-0.2, 0) is 0 Å². The van der Waals surface area contributed by atoms with Crippen molar-refractivity contribution in [2.24, 2.45) is 0 Å². The first-order chi connectivity index (χ1) is 7.77. The highest BCUT2D eigenvalue weighted by Crippen LogP contribution is 2.17. The lowest BCUT2D eigenvalue weighted by atomic mass is 10.2. The molecule has 0 saturated carbocycles. The van der Waals surface area contributed by atoms with Gasteiger partial charge in [0.25, 0.3) is 0 Å². The van der Waals surface area contributed by atoms with E-state index < -0.39 is 5.97 Å². The first-order valence-corrected chi connectivity index (χ1v) is 5.58. The van der Waals surface area contributed by atoms with E-state index in [-0.39, 0.29) is 5.56 Å². The number of carbonyl (C=O) groups is 1. The van der Waals surface area contributed by atoms with Gasteiger partial charge >= 0.3 is 5.97 Å². The van der Waals surface area contributed by atoms with Gasteiger partial charge in [-0.15, -0.1) is 5.10 Å². The molecule has 0 aliphatic carbocycles. The van der Waals surface area contributed by atoms with Crippen molar-refractivity contribution in [3.63, 3.8) is 0 Å². The number of hydrogen-bond acceptors (Lipinski definition) is 4. The smallest absolute Gasteiger partial charge is 0.337 e. The molecule has 0 unspecified atom stereocenters. The molecule has 1 aliphatic rings. The number of carboxylic acid groups (broad SMARTS) is 1. The van der Waals surface area contributed by atoms with Crippen molar-refractivity contribution in [2.45, 2.75) is 25.7 Å². The molecule has 0 amide bonds. The van der Waals surface area contributed by atoms with E-state index in [0.29, 0.717) is 5.82 Å². The fraction of sp³-hybridized carbons (Fsp3) is 0.545. The fourth-order valence-corrected chi connectivity index (χ4v) is 1.93. The van der Waals surface area contributed by atoms with Crippen molar-refractivity contribution in [1.82, 2.24) is 10.2 Å². The molecule has 1 saturated heterocycles. The van der Waals surface area contributed by atoms with E-state index in [1.165, 1.54) is 19.0 Å². The van der Waals surface area contributed by atoms with Crippen LogP contribution in [0.1, 0.15) is 36.0 Å². The van der Waals surface area contributed by atoms with Crippen molar-refractivity contribution < 1.29 is 9.90 Å². The van der Waals surface area contributed by atoms with E-state index in [1.807, 2.05) is 0 Å². The summed E-state index contributed by atoms with van der Waals surface area (Å²) in [7, 11) is 0. The van der Waals surface area contributed by atoms with Crippen LogP contribution >= 0.6 is 0 Å². The van der Waals surface area contributed by atoms with Gasteiger partial charge in [-0.2, -0.15) is 5.10 Å². The first kappa shape index (κ1) is 10.9. The summed E-state index contributed by atoms with van der Waals surface area (Å²) in [4.78, 5) is 12.9. The van der Waals surface area contributed by atoms with Crippen LogP contribution in [-0.4, -0.2) is 34.4 Å². The molecule has 1 aromatic rings. The van der Waals surface area contributed by atoms with Gasteiger partial charge in [0.2, 0.25) is 0 Å². The second kappa shape index (κ2) is 4.92. The van der Waals surface area contributed by atoms with Gasteiger partial charge < -0.3 is 10.0 Å². The molecule has 1 N–H and O–H groups in total. The Bertz CT molecular complexity index is 373. The van der Waals surface area contributed by atoms with Crippen LogP contribution in [0.5, 0.6) is 0 Å². The highest BCUT2D eigenvalue weighted by atomic mass is 16.4. The number of nitrogens with zero attached hydrogens (tertiary/aromatic N) is 3. The van der Waals surface area contributed by atoms with Crippen LogP contribution in [0.3, 0.4) is 0 Å². The summed E-state index contributed by atoms with van der Waals surface area (Å²) in [6, 6.07) is 1.60. The van der Waals surface area contributed by atoms with Gasteiger partial charge in [0.05, 0.1) is 11.8 Å². The Labute approximate surface area is 94.1 Å². The maximum Gasteiger partial charge on any atom is 0.337 e.